The van der Waals surface area contributed by atoms with Crippen molar-refractivity contribution in [2.24, 2.45) is 0 Å². The number of hydrogen-bond acceptors (Lipinski definition) is 2. The van der Waals surface area contributed by atoms with Crippen molar-refractivity contribution in [3.63, 3.8) is 0 Å². The Morgan fingerprint density at radius 3 is 2.27 bits per heavy atom. The van der Waals surface area contributed by atoms with Gasteiger partial charge in [0, 0.05) is 45.6 Å². The van der Waals surface area contributed by atoms with Crippen LogP contribution in [0.4, 0.5) is 0 Å². The normalized spacial score (nSPS) is 17.1. The second kappa shape index (κ2) is 6.74. The van der Waals surface area contributed by atoms with Crippen LogP contribution in [-0.4, -0.2) is 13.8 Å². The molecule has 4 aromatic carbocycles. The molecule has 1 atom stereocenters. The van der Waals surface area contributed by atoms with E-state index in [0.29, 0.717) is 0 Å². The van der Waals surface area contributed by atoms with E-state index in [0.717, 1.165) is 22.4 Å². The van der Waals surface area contributed by atoms with Crippen molar-refractivity contribution in [1.29, 1.82) is 0 Å². The van der Waals surface area contributed by atoms with Crippen LogP contribution in [0.2, 0.25) is 0 Å². The smallest absolute Gasteiger partial charge is 0.315 e. The summed E-state index contributed by atoms with van der Waals surface area (Å²) in [5.41, 5.74) is 11.5. The first-order valence-corrected chi connectivity index (χ1v) is 15.1. The first-order chi connectivity index (χ1) is 21.7. The van der Waals surface area contributed by atoms with Crippen molar-refractivity contribution in [1.82, 2.24) is 13.8 Å². The van der Waals surface area contributed by atoms with Crippen molar-refractivity contribution in [3.8, 4) is 22.8 Å². The van der Waals surface area contributed by atoms with Gasteiger partial charge in [0.2, 0.25) is 0 Å². The van der Waals surface area contributed by atoms with Gasteiger partial charge in [-0.2, -0.15) is 17.9 Å². The standard InChI is InChI=1S/C38H23N5O/c1-20-6-5-7-21(2)31(20)28-19-42-37-33-24(25-18-39-15-14-27(25)43(28)37)11-13-30-35(33)38(42)34-29(44-30)12-10-23-22-8-3-4-9-26(22)40-16-17-41(38)36(40)32(23)34/h3-19H,1-2H3/q+2. The van der Waals surface area contributed by atoms with Gasteiger partial charge in [0.15, 0.2) is 5.69 Å². The maximum Gasteiger partial charge on any atom is 0.315 e. The summed E-state index contributed by atoms with van der Waals surface area (Å²) in [7, 11) is 0. The van der Waals surface area contributed by atoms with E-state index in [2.05, 4.69) is 128 Å². The van der Waals surface area contributed by atoms with Crippen LogP contribution in [0.15, 0.2) is 104 Å². The highest BCUT2D eigenvalue weighted by atomic mass is 16.5. The molecule has 0 N–H and O–H groups in total. The molecule has 44 heavy (non-hydrogen) atoms. The van der Waals surface area contributed by atoms with E-state index in [-0.39, 0.29) is 0 Å². The number of para-hydroxylation sites is 1. The van der Waals surface area contributed by atoms with Crippen molar-refractivity contribution in [3.05, 3.63) is 126 Å². The van der Waals surface area contributed by atoms with E-state index < -0.39 is 5.66 Å². The first kappa shape index (κ1) is 21.9. The molecule has 3 aliphatic heterocycles. The molecule has 0 saturated carbocycles. The van der Waals surface area contributed by atoms with Gasteiger partial charge in [0.25, 0.3) is 11.3 Å². The Balaban J connectivity index is 1.40. The lowest BCUT2D eigenvalue weighted by Crippen LogP contribution is -2.71. The molecule has 6 nitrogen and oxygen atoms in total. The summed E-state index contributed by atoms with van der Waals surface area (Å²) in [5, 5.41) is 7.33. The van der Waals surface area contributed by atoms with Crippen molar-refractivity contribution >= 4 is 54.6 Å². The Kier molecular flexibility index (Phi) is 3.35. The number of aryl methyl sites for hydroxylation is 2. The predicted octanol–water partition coefficient (Wildman–Crippen LogP) is 7.09. The van der Waals surface area contributed by atoms with Crippen LogP contribution >= 0.6 is 0 Å². The van der Waals surface area contributed by atoms with Gasteiger partial charge in [0.05, 0.1) is 10.8 Å². The summed E-state index contributed by atoms with van der Waals surface area (Å²) >= 11 is 0. The quantitative estimate of drug-likeness (QED) is 0.158. The van der Waals surface area contributed by atoms with E-state index in [9.17, 15) is 0 Å². The van der Waals surface area contributed by atoms with Gasteiger partial charge in [-0.25, -0.2) is 0 Å². The van der Waals surface area contributed by atoms with Gasteiger partial charge in [0.1, 0.15) is 52.2 Å². The van der Waals surface area contributed by atoms with Crippen molar-refractivity contribution in [2.75, 3.05) is 0 Å². The van der Waals surface area contributed by atoms with Gasteiger partial charge in [-0.1, -0.05) is 36.4 Å². The highest BCUT2D eigenvalue weighted by molar-refractivity contribution is 6.17. The fourth-order valence-electron chi connectivity index (χ4n) is 9.15. The summed E-state index contributed by atoms with van der Waals surface area (Å²) in [6.45, 7) is 4.45. The van der Waals surface area contributed by atoms with Crippen LogP contribution in [-0.2, 0) is 5.66 Å². The second-order valence-electron chi connectivity index (χ2n) is 12.6. The summed E-state index contributed by atoms with van der Waals surface area (Å²) in [6, 6.07) is 26.3. The number of nitrogens with zero attached hydrogens (tertiary/aromatic N) is 5. The molecule has 3 aliphatic rings. The Hall–Kier alpha value is -5.75. The average molecular weight is 566 g/mol. The van der Waals surface area contributed by atoms with E-state index in [1.807, 2.05) is 12.4 Å². The Bertz CT molecular complexity index is 2870. The molecule has 1 unspecified atom stereocenters. The largest absolute Gasteiger partial charge is 0.456 e. The third kappa shape index (κ3) is 2.02. The van der Waals surface area contributed by atoms with Crippen LogP contribution in [0.1, 0.15) is 22.3 Å². The first-order valence-electron chi connectivity index (χ1n) is 15.1. The molecule has 0 fully saturated rings. The SMILES string of the molecule is Cc1cccc(C)c1-c1c[n+]2c3c4c5c(ccc4c4cnccc4n13)Oc1ccc3c4ccccc4n4cc[n+]6c4c3c1C562. The van der Waals surface area contributed by atoms with Gasteiger partial charge in [-0.3, -0.25) is 4.98 Å². The monoisotopic (exact) mass is 565 g/mol. The third-order valence-corrected chi connectivity index (χ3v) is 10.7. The highest BCUT2D eigenvalue weighted by Crippen LogP contribution is 2.58. The van der Waals surface area contributed by atoms with Crippen LogP contribution in [0.5, 0.6) is 11.5 Å². The summed E-state index contributed by atoms with van der Waals surface area (Å²) in [6.07, 6.45) is 10.9. The lowest BCUT2D eigenvalue weighted by molar-refractivity contribution is -0.944. The zero-order valence-corrected chi connectivity index (χ0v) is 24.0. The molecule has 204 valence electrons. The molecular formula is C38H23N5O+2. The topological polar surface area (TPSA) is 38.7 Å². The summed E-state index contributed by atoms with van der Waals surface area (Å²) < 4.78 is 16.8. The molecule has 0 radical (unpaired) electrons. The Morgan fingerprint density at radius 1 is 0.705 bits per heavy atom. The molecule has 12 rings (SSSR count). The van der Waals surface area contributed by atoms with Gasteiger partial charge >= 0.3 is 5.66 Å². The zero-order chi connectivity index (χ0) is 28.6. The van der Waals surface area contributed by atoms with Crippen LogP contribution in [0.25, 0.3) is 65.9 Å². The van der Waals surface area contributed by atoms with Gasteiger partial charge in [-0.05, 0) is 55.3 Å². The number of rotatable bonds is 1. The van der Waals surface area contributed by atoms with Crippen LogP contribution in [0, 0.1) is 13.8 Å². The number of aromatic nitrogens is 5. The Labute approximate surface area is 250 Å². The Morgan fingerprint density at radius 2 is 1.45 bits per heavy atom. The minimum atomic E-state index is -0.635. The molecule has 0 bridgehead atoms. The zero-order valence-electron chi connectivity index (χ0n) is 24.0. The molecule has 0 amide bonds. The number of hydrogen-bond donors (Lipinski definition) is 0. The molecular weight excluding hydrogens is 542 g/mol. The number of fused-ring (bicyclic) bond motifs is 6. The number of imidazole rings is 2. The molecule has 9 aromatic rings. The number of benzene rings is 4. The fraction of sp³-hybridized carbons (Fsp3) is 0.0789. The lowest BCUT2D eigenvalue weighted by Gasteiger charge is -2.30. The minimum absolute atomic E-state index is 0.635. The number of pyridine rings is 3. The third-order valence-electron chi connectivity index (χ3n) is 10.7. The van der Waals surface area contributed by atoms with Crippen molar-refractivity contribution < 1.29 is 13.9 Å². The number of ether oxygens (including phenoxy) is 1. The molecule has 0 aliphatic carbocycles. The molecule has 5 aromatic heterocycles. The fourth-order valence-corrected chi connectivity index (χ4v) is 9.15. The van der Waals surface area contributed by atoms with E-state index in [4.69, 9.17) is 4.74 Å². The predicted molar refractivity (Wildman–Crippen MR) is 170 cm³/mol. The molecule has 8 heterocycles. The van der Waals surface area contributed by atoms with Gasteiger partial charge in [-0.15, -0.1) is 0 Å². The molecule has 6 heteroatoms. The van der Waals surface area contributed by atoms with Crippen LogP contribution in [0.3, 0.4) is 0 Å². The minimum Gasteiger partial charge on any atom is -0.456 e. The lowest BCUT2D eigenvalue weighted by atomic mass is 9.85. The van der Waals surface area contributed by atoms with Crippen molar-refractivity contribution in [2.45, 2.75) is 19.5 Å². The van der Waals surface area contributed by atoms with E-state index in [1.54, 1.807) is 0 Å². The second-order valence-corrected chi connectivity index (χ2v) is 12.6. The highest BCUT2D eigenvalue weighted by Gasteiger charge is 2.65. The van der Waals surface area contributed by atoms with E-state index >= 15 is 0 Å². The van der Waals surface area contributed by atoms with Crippen LogP contribution < -0.4 is 13.9 Å². The maximum atomic E-state index is 6.86. The summed E-state index contributed by atoms with van der Waals surface area (Å²) in [4.78, 5) is 4.62. The van der Waals surface area contributed by atoms with E-state index in [1.165, 1.54) is 77.3 Å². The van der Waals surface area contributed by atoms with Gasteiger partial charge < -0.3 is 4.74 Å². The molecule has 1 spiro atoms. The maximum absolute atomic E-state index is 6.86. The molecule has 0 saturated heterocycles. The average Bonchev–Trinajstić information content (AvgIpc) is 3.80. The summed E-state index contributed by atoms with van der Waals surface area (Å²) in [5.74, 6) is 1.83.